The molecule has 0 saturated heterocycles. The second-order valence-corrected chi connectivity index (χ2v) is 9.07. The van der Waals surface area contributed by atoms with Gasteiger partial charge in [-0.3, -0.25) is 4.79 Å². The molecule has 1 aliphatic heterocycles. The van der Waals surface area contributed by atoms with E-state index in [-0.39, 0.29) is 40.0 Å². The molecule has 1 heterocycles. The highest BCUT2D eigenvalue weighted by Crippen LogP contribution is 2.40. The van der Waals surface area contributed by atoms with Crippen LogP contribution in [0.3, 0.4) is 0 Å². The molecule has 3 aromatic rings. The maximum absolute atomic E-state index is 15.0. The standard InChI is InChI=1S/C27H22Cl2FN3O5/c1-32-11-16(10-31)15-6-20(28)24(21(29)7-15)26(35)33-12-14-4-3-5-17(25(14)38-13-33)18-9-23(34)19(8-22(18)30)27(36)37-2/h3-11,31-32,34H,12-13H2,1-2H3/b16-11+,31-10?. The Labute approximate surface area is 227 Å². The Hall–Kier alpha value is -4.08. The van der Waals surface area contributed by atoms with Crippen molar-refractivity contribution in [3.63, 3.8) is 0 Å². The number of phenols is 1. The number of ether oxygens (including phenoxy) is 2. The van der Waals surface area contributed by atoms with Gasteiger partial charge in [0.2, 0.25) is 0 Å². The summed E-state index contributed by atoms with van der Waals surface area (Å²) in [5, 5.41) is 20.9. The highest BCUT2D eigenvalue weighted by Gasteiger charge is 2.29. The number of phenolic OH excluding ortho intramolecular Hbond substituents is 1. The summed E-state index contributed by atoms with van der Waals surface area (Å²) in [6, 6.07) is 10.1. The smallest absolute Gasteiger partial charge is 0.341 e. The molecule has 11 heteroatoms. The number of carbonyl (C=O) groups is 2. The quantitative estimate of drug-likeness (QED) is 0.273. The minimum atomic E-state index is -0.870. The number of nitrogens with zero attached hydrogens (tertiary/aromatic N) is 1. The van der Waals surface area contributed by atoms with Crippen molar-refractivity contribution in [2.24, 2.45) is 0 Å². The third-order valence-corrected chi connectivity index (χ3v) is 6.53. The van der Waals surface area contributed by atoms with Crippen molar-refractivity contribution in [3.05, 3.63) is 86.8 Å². The highest BCUT2D eigenvalue weighted by molar-refractivity contribution is 6.40. The van der Waals surface area contributed by atoms with E-state index in [1.54, 1.807) is 43.6 Å². The summed E-state index contributed by atoms with van der Waals surface area (Å²) < 4.78 is 25.4. The molecule has 0 aliphatic carbocycles. The summed E-state index contributed by atoms with van der Waals surface area (Å²) in [4.78, 5) is 26.6. The average molecular weight is 558 g/mol. The number of aromatic hydroxyl groups is 1. The maximum Gasteiger partial charge on any atom is 0.341 e. The van der Waals surface area contributed by atoms with Crippen LogP contribution in [-0.4, -0.2) is 49.0 Å². The van der Waals surface area contributed by atoms with Crippen LogP contribution in [0.15, 0.2) is 48.7 Å². The van der Waals surface area contributed by atoms with Crippen molar-refractivity contribution in [2.75, 3.05) is 20.9 Å². The number of methoxy groups -OCH3 is 1. The van der Waals surface area contributed by atoms with Crippen molar-refractivity contribution in [3.8, 4) is 22.6 Å². The molecular weight excluding hydrogens is 536 g/mol. The number of allylic oxidation sites excluding steroid dienone is 1. The molecule has 0 radical (unpaired) electrons. The Kier molecular flexibility index (Phi) is 7.89. The Morgan fingerprint density at radius 1 is 1.18 bits per heavy atom. The molecule has 0 aromatic heterocycles. The summed E-state index contributed by atoms with van der Waals surface area (Å²) >= 11 is 12.9. The van der Waals surface area contributed by atoms with E-state index in [1.165, 1.54) is 4.90 Å². The number of halogens is 3. The van der Waals surface area contributed by atoms with Crippen molar-refractivity contribution < 1.29 is 28.6 Å². The molecule has 3 N–H and O–H groups in total. The van der Waals surface area contributed by atoms with Crippen molar-refractivity contribution >= 4 is 46.9 Å². The number of carbonyl (C=O) groups excluding carboxylic acids is 2. The lowest BCUT2D eigenvalue weighted by molar-refractivity contribution is 0.0515. The van der Waals surface area contributed by atoms with Crippen LogP contribution in [0.25, 0.3) is 16.7 Å². The maximum atomic E-state index is 15.0. The van der Waals surface area contributed by atoms with Gasteiger partial charge in [-0.2, -0.15) is 0 Å². The zero-order valence-corrected chi connectivity index (χ0v) is 21.8. The largest absolute Gasteiger partial charge is 0.507 e. The molecular formula is C27H22Cl2FN3O5. The van der Waals surface area contributed by atoms with Crippen LogP contribution in [0, 0.1) is 11.2 Å². The topological polar surface area (TPSA) is 112 Å². The molecule has 1 amide bonds. The van der Waals surface area contributed by atoms with Crippen LogP contribution in [0.1, 0.15) is 31.8 Å². The summed E-state index contributed by atoms with van der Waals surface area (Å²) in [5.74, 6) is -2.20. The molecule has 3 aromatic carbocycles. The third kappa shape index (κ3) is 5.03. The third-order valence-electron chi connectivity index (χ3n) is 5.94. The number of fused-ring (bicyclic) bond motifs is 1. The fourth-order valence-electron chi connectivity index (χ4n) is 4.12. The predicted molar refractivity (Wildman–Crippen MR) is 142 cm³/mol. The van der Waals surface area contributed by atoms with Crippen molar-refractivity contribution in [1.29, 1.82) is 5.41 Å². The first-order valence-electron chi connectivity index (χ1n) is 11.2. The number of amides is 1. The molecule has 0 unspecified atom stereocenters. The predicted octanol–water partition coefficient (Wildman–Crippen LogP) is 5.49. The van der Waals surface area contributed by atoms with Crippen LogP contribution < -0.4 is 10.1 Å². The number of esters is 1. The van der Waals surface area contributed by atoms with Gasteiger partial charge in [0.25, 0.3) is 5.91 Å². The van der Waals surface area contributed by atoms with Gasteiger partial charge in [-0.1, -0.05) is 41.4 Å². The Morgan fingerprint density at radius 2 is 1.89 bits per heavy atom. The van der Waals surface area contributed by atoms with Gasteiger partial charge in [-0.25, -0.2) is 9.18 Å². The van der Waals surface area contributed by atoms with E-state index in [0.29, 0.717) is 28.0 Å². The number of rotatable bonds is 6. The second kappa shape index (κ2) is 11.1. The zero-order valence-electron chi connectivity index (χ0n) is 20.3. The normalized spacial score (nSPS) is 12.9. The van der Waals surface area contributed by atoms with E-state index in [1.807, 2.05) is 0 Å². The Morgan fingerprint density at radius 3 is 2.53 bits per heavy atom. The van der Waals surface area contributed by atoms with E-state index >= 15 is 0 Å². The van der Waals surface area contributed by atoms with Gasteiger partial charge in [-0.05, 0) is 29.8 Å². The van der Waals surface area contributed by atoms with Gasteiger partial charge >= 0.3 is 5.97 Å². The summed E-state index contributed by atoms with van der Waals surface area (Å²) in [6.45, 7) is -0.0494. The molecule has 38 heavy (non-hydrogen) atoms. The van der Waals surface area contributed by atoms with E-state index in [4.69, 9.17) is 33.3 Å². The van der Waals surface area contributed by atoms with Crippen LogP contribution in [0.2, 0.25) is 10.0 Å². The van der Waals surface area contributed by atoms with Crippen LogP contribution in [0.4, 0.5) is 4.39 Å². The number of hydrogen-bond donors (Lipinski definition) is 3. The molecule has 0 fully saturated rings. The van der Waals surface area contributed by atoms with Crippen LogP contribution in [0.5, 0.6) is 11.5 Å². The first-order valence-corrected chi connectivity index (χ1v) is 12.0. The monoisotopic (exact) mass is 557 g/mol. The van der Waals surface area contributed by atoms with Crippen LogP contribution >= 0.6 is 23.2 Å². The fourth-order valence-corrected chi connectivity index (χ4v) is 4.77. The first-order chi connectivity index (χ1) is 18.2. The zero-order chi connectivity index (χ0) is 27.6. The second-order valence-electron chi connectivity index (χ2n) is 8.26. The molecule has 4 rings (SSSR count). The van der Waals surface area contributed by atoms with E-state index in [2.05, 4.69) is 10.1 Å². The minimum Gasteiger partial charge on any atom is -0.507 e. The number of benzene rings is 3. The Balaban J connectivity index is 1.65. The van der Waals surface area contributed by atoms with Gasteiger partial charge < -0.3 is 30.2 Å². The van der Waals surface area contributed by atoms with Gasteiger partial charge in [0.05, 0.1) is 29.3 Å². The molecule has 0 bridgehead atoms. The molecule has 1 aliphatic rings. The van der Waals surface area contributed by atoms with E-state index < -0.39 is 23.4 Å². The van der Waals surface area contributed by atoms with E-state index in [9.17, 15) is 19.1 Å². The summed E-state index contributed by atoms with van der Waals surface area (Å²) in [7, 11) is 2.82. The first kappa shape index (κ1) is 27.0. The summed E-state index contributed by atoms with van der Waals surface area (Å²) in [5.41, 5.74) is 1.82. The number of nitrogens with one attached hydrogen (secondary N) is 2. The lowest BCUT2D eigenvalue weighted by atomic mass is 9.98. The van der Waals surface area contributed by atoms with Gasteiger partial charge in [0, 0.05) is 41.7 Å². The number of hydrogen-bond acceptors (Lipinski definition) is 7. The highest BCUT2D eigenvalue weighted by atomic mass is 35.5. The lowest BCUT2D eigenvalue weighted by Crippen LogP contribution is -2.37. The van der Waals surface area contributed by atoms with Crippen LogP contribution in [-0.2, 0) is 11.3 Å². The molecule has 0 atom stereocenters. The molecule has 0 spiro atoms. The van der Waals surface area contributed by atoms with Gasteiger partial charge in [0.1, 0.15) is 22.9 Å². The Bertz CT molecular complexity index is 1470. The average Bonchev–Trinajstić information content (AvgIpc) is 2.91. The van der Waals surface area contributed by atoms with Crippen molar-refractivity contribution in [2.45, 2.75) is 6.54 Å². The van der Waals surface area contributed by atoms with E-state index in [0.717, 1.165) is 25.5 Å². The SMILES string of the molecule is CN/C=C(\C=N)c1cc(Cl)c(C(=O)N2COc3c(cccc3-c3cc(O)c(C(=O)OC)cc3F)C2)c(Cl)c1. The van der Waals surface area contributed by atoms with Gasteiger partial charge in [0.15, 0.2) is 6.73 Å². The molecule has 196 valence electrons. The minimum absolute atomic E-state index is 0.0186. The lowest BCUT2D eigenvalue weighted by Gasteiger charge is -2.31. The fraction of sp³-hybridized carbons (Fsp3) is 0.148. The number of para-hydroxylation sites is 1. The molecule has 8 nitrogen and oxygen atoms in total. The van der Waals surface area contributed by atoms with Crippen molar-refractivity contribution in [1.82, 2.24) is 10.2 Å². The molecule has 0 saturated carbocycles. The van der Waals surface area contributed by atoms with Gasteiger partial charge in [-0.15, -0.1) is 0 Å². The summed E-state index contributed by atoms with van der Waals surface area (Å²) in [6.07, 6.45) is 2.74.